The van der Waals surface area contributed by atoms with Crippen LogP contribution in [0.1, 0.15) is 30.4 Å². The van der Waals surface area contributed by atoms with Crippen molar-refractivity contribution in [3.05, 3.63) is 16.3 Å². The van der Waals surface area contributed by atoms with E-state index in [-0.39, 0.29) is 5.75 Å². The van der Waals surface area contributed by atoms with Crippen LogP contribution in [0.15, 0.2) is 11.4 Å². The summed E-state index contributed by atoms with van der Waals surface area (Å²) in [7, 11) is 0. The van der Waals surface area contributed by atoms with E-state index in [2.05, 4.69) is 0 Å². The van der Waals surface area contributed by atoms with Crippen molar-refractivity contribution in [3.63, 3.8) is 0 Å². The van der Waals surface area contributed by atoms with Crippen molar-refractivity contribution < 1.29 is 14.6 Å². The fourth-order valence-electron chi connectivity index (χ4n) is 0.762. The minimum absolute atomic E-state index is 0.103. The highest BCUT2D eigenvalue weighted by atomic mass is 32.1. The average molecular weight is 200 g/mol. The molecule has 4 heteroatoms. The lowest BCUT2D eigenvalue weighted by Crippen LogP contribution is -2.23. The fourth-order valence-corrected chi connectivity index (χ4v) is 1.40. The minimum Gasteiger partial charge on any atom is -0.507 e. The monoisotopic (exact) mass is 200 g/mol. The van der Waals surface area contributed by atoms with Crippen molar-refractivity contribution >= 4 is 17.3 Å². The fraction of sp³-hybridized carbons (Fsp3) is 0.444. The second kappa shape index (κ2) is 3.38. The molecule has 0 amide bonds. The average Bonchev–Trinajstić information content (AvgIpc) is 2.31. The van der Waals surface area contributed by atoms with Crippen LogP contribution in [0.4, 0.5) is 0 Å². The summed E-state index contributed by atoms with van der Waals surface area (Å²) < 4.78 is 5.10. The summed E-state index contributed by atoms with van der Waals surface area (Å²) in [5.74, 6) is -0.288. The van der Waals surface area contributed by atoms with Gasteiger partial charge in [-0.1, -0.05) is 0 Å². The molecule has 0 saturated carbocycles. The summed E-state index contributed by atoms with van der Waals surface area (Å²) in [5.41, 5.74) is -0.489. The van der Waals surface area contributed by atoms with E-state index in [0.717, 1.165) is 0 Å². The number of thiophene rings is 1. The number of esters is 1. The van der Waals surface area contributed by atoms with Crippen LogP contribution in [0.5, 0.6) is 5.75 Å². The van der Waals surface area contributed by atoms with Crippen LogP contribution in [-0.2, 0) is 4.74 Å². The first-order chi connectivity index (χ1) is 5.88. The summed E-state index contributed by atoms with van der Waals surface area (Å²) in [6.45, 7) is 5.41. The third-order valence-electron chi connectivity index (χ3n) is 1.19. The van der Waals surface area contributed by atoms with Gasteiger partial charge in [0, 0.05) is 11.4 Å². The molecule has 0 spiro atoms. The van der Waals surface area contributed by atoms with Crippen LogP contribution < -0.4 is 0 Å². The number of carbonyl (C=O) groups excluding carboxylic acids is 1. The predicted octanol–water partition coefficient (Wildman–Crippen LogP) is 2.41. The van der Waals surface area contributed by atoms with Crippen molar-refractivity contribution in [2.75, 3.05) is 0 Å². The molecule has 72 valence electrons. The summed E-state index contributed by atoms with van der Waals surface area (Å²) >= 11 is 1.17. The van der Waals surface area contributed by atoms with Gasteiger partial charge < -0.3 is 9.84 Å². The van der Waals surface area contributed by atoms with Gasteiger partial charge in [0.05, 0.1) is 0 Å². The van der Waals surface area contributed by atoms with Gasteiger partial charge in [0.2, 0.25) is 0 Å². The molecule has 13 heavy (non-hydrogen) atoms. The molecule has 3 nitrogen and oxygen atoms in total. The van der Waals surface area contributed by atoms with Crippen LogP contribution in [0, 0.1) is 0 Å². The molecule has 1 N–H and O–H groups in total. The Bertz CT molecular complexity index is 309. The van der Waals surface area contributed by atoms with Gasteiger partial charge in [0.1, 0.15) is 16.2 Å². The summed E-state index contributed by atoms with van der Waals surface area (Å²) in [5, 5.41) is 10.5. The summed E-state index contributed by atoms with van der Waals surface area (Å²) in [4.78, 5) is 11.8. The normalized spacial score (nSPS) is 11.3. The first kappa shape index (κ1) is 10.1. The maximum Gasteiger partial charge on any atom is 0.348 e. The van der Waals surface area contributed by atoms with Gasteiger partial charge in [-0.3, -0.25) is 0 Å². The Hall–Kier alpha value is -1.03. The Morgan fingerprint density at radius 2 is 2.15 bits per heavy atom. The second-order valence-electron chi connectivity index (χ2n) is 3.67. The van der Waals surface area contributed by atoms with Gasteiger partial charge in [-0.15, -0.1) is 11.3 Å². The topological polar surface area (TPSA) is 46.5 Å². The zero-order valence-corrected chi connectivity index (χ0v) is 8.64. The highest BCUT2D eigenvalue weighted by Gasteiger charge is 2.18. The van der Waals surface area contributed by atoms with Gasteiger partial charge in [-0.05, 0) is 20.8 Å². The Balaban J connectivity index is 2.70. The molecule has 0 saturated heterocycles. The molecule has 1 heterocycles. The van der Waals surface area contributed by atoms with Crippen molar-refractivity contribution in [1.29, 1.82) is 0 Å². The first-order valence-corrected chi connectivity index (χ1v) is 4.77. The highest BCUT2D eigenvalue weighted by molar-refractivity contribution is 7.12. The van der Waals surface area contributed by atoms with E-state index in [0.29, 0.717) is 4.88 Å². The first-order valence-electron chi connectivity index (χ1n) is 3.89. The number of ether oxygens (including phenoxy) is 1. The Morgan fingerprint density at radius 3 is 2.54 bits per heavy atom. The number of carbonyl (C=O) groups is 1. The Labute approximate surface area is 81.0 Å². The lowest BCUT2D eigenvalue weighted by atomic mass is 10.2. The van der Waals surface area contributed by atoms with Crippen LogP contribution in [-0.4, -0.2) is 16.7 Å². The molecular formula is C9H12O3S. The smallest absolute Gasteiger partial charge is 0.348 e. The highest BCUT2D eigenvalue weighted by Crippen LogP contribution is 2.22. The Kier molecular flexibility index (Phi) is 2.61. The van der Waals surface area contributed by atoms with Crippen LogP contribution in [0.2, 0.25) is 0 Å². The summed E-state index contributed by atoms with van der Waals surface area (Å²) in [6, 6.07) is 1.40. The van der Waals surface area contributed by atoms with Gasteiger partial charge in [-0.25, -0.2) is 4.79 Å². The SMILES string of the molecule is CC(C)(C)OC(=O)c1cc(O)cs1. The molecule has 0 aromatic carbocycles. The van der Waals surface area contributed by atoms with Gasteiger partial charge in [0.15, 0.2) is 0 Å². The molecule has 0 aliphatic carbocycles. The van der Waals surface area contributed by atoms with E-state index in [1.165, 1.54) is 22.8 Å². The van der Waals surface area contributed by atoms with E-state index in [9.17, 15) is 4.79 Å². The lowest BCUT2D eigenvalue weighted by Gasteiger charge is -2.18. The lowest BCUT2D eigenvalue weighted by molar-refractivity contribution is 0.00750. The van der Waals surface area contributed by atoms with E-state index in [4.69, 9.17) is 9.84 Å². The predicted molar refractivity (Wildman–Crippen MR) is 51.2 cm³/mol. The van der Waals surface area contributed by atoms with Crippen molar-refractivity contribution in [2.24, 2.45) is 0 Å². The molecule has 1 aromatic heterocycles. The molecule has 0 atom stereocenters. The van der Waals surface area contributed by atoms with Crippen LogP contribution in [0.25, 0.3) is 0 Å². The maximum absolute atomic E-state index is 11.4. The zero-order chi connectivity index (χ0) is 10.1. The third-order valence-corrected chi connectivity index (χ3v) is 2.08. The maximum atomic E-state index is 11.4. The van der Waals surface area contributed by atoms with Crippen LogP contribution >= 0.6 is 11.3 Å². The number of aromatic hydroxyl groups is 1. The zero-order valence-electron chi connectivity index (χ0n) is 7.83. The van der Waals surface area contributed by atoms with Gasteiger partial charge in [-0.2, -0.15) is 0 Å². The number of hydrogen-bond acceptors (Lipinski definition) is 4. The molecular weight excluding hydrogens is 188 g/mol. The third kappa shape index (κ3) is 3.06. The molecule has 1 aromatic rings. The molecule has 0 aliphatic rings. The molecule has 0 aliphatic heterocycles. The van der Waals surface area contributed by atoms with E-state index >= 15 is 0 Å². The van der Waals surface area contributed by atoms with Crippen molar-refractivity contribution in [3.8, 4) is 5.75 Å². The van der Waals surface area contributed by atoms with Crippen molar-refractivity contribution in [2.45, 2.75) is 26.4 Å². The van der Waals surface area contributed by atoms with Crippen LogP contribution in [0.3, 0.4) is 0 Å². The van der Waals surface area contributed by atoms with E-state index < -0.39 is 11.6 Å². The minimum atomic E-state index is -0.489. The molecule has 0 unspecified atom stereocenters. The Morgan fingerprint density at radius 1 is 1.54 bits per heavy atom. The molecule has 0 radical (unpaired) electrons. The number of rotatable bonds is 1. The molecule has 0 fully saturated rings. The van der Waals surface area contributed by atoms with Gasteiger partial charge >= 0.3 is 5.97 Å². The molecule has 1 rings (SSSR count). The van der Waals surface area contributed by atoms with E-state index in [1.807, 2.05) is 0 Å². The standard InChI is InChI=1S/C9H12O3S/c1-9(2,3)12-8(11)7-4-6(10)5-13-7/h4-5,10H,1-3H3. The largest absolute Gasteiger partial charge is 0.507 e. The van der Waals surface area contributed by atoms with E-state index in [1.54, 1.807) is 20.8 Å². The number of hydrogen-bond donors (Lipinski definition) is 1. The van der Waals surface area contributed by atoms with Crippen molar-refractivity contribution in [1.82, 2.24) is 0 Å². The second-order valence-corrected chi connectivity index (χ2v) is 4.58. The quantitative estimate of drug-likeness (QED) is 0.708. The molecule has 0 bridgehead atoms. The van der Waals surface area contributed by atoms with Gasteiger partial charge in [0.25, 0.3) is 0 Å². The summed E-state index contributed by atoms with van der Waals surface area (Å²) in [6.07, 6.45) is 0.